The monoisotopic (exact) mass is 164 g/mol. The Bertz CT molecular complexity index is 283. The number of nitrogens with one attached hydrogen (secondary N) is 1. The number of aromatic nitrogens is 1. The van der Waals surface area contributed by atoms with Crippen molar-refractivity contribution in [2.24, 2.45) is 0 Å². The summed E-state index contributed by atoms with van der Waals surface area (Å²) in [5.74, 6) is 0. The van der Waals surface area contributed by atoms with Crippen LogP contribution in [0.1, 0.15) is 0 Å². The average Bonchev–Trinajstić information content (AvgIpc) is 2.33. The quantitative estimate of drug-likeness (QED) is 0.452. The van der Waals surface area contributed by atoms with Gasteiger partial charge in [0.15, 0.2) is 0 Å². The second-order valence-electron chi connectivity index (χ2n) is 2.00. The van der Waals surface area contributed by atoms with Gasteiger partial charge in [0.25, 0.3) is 0 Å². The molecule has 1 heterocycles. The molecule has 0 spiro atoms. The van der Waals surface area contributed by atoms with Gasteiger partial charge in [-0.15, -0.1) is 23.8 Å². The van der Waals surface area contributed by atoms with Crippen molar-refractivity contribution in [2.45, 2.75) is 0 Å². The molecule has 2 aromatic rings. The van der Waals surface area contributed by atoms with E-state index < -0.39 is 0 Å². The summed E-state index contributed by atoms with van der Waals surface area (Å²) in [5.41, 5.74) is 1.15. The van der Waals surface area contributed by atoms with Crippen molar-refractivity contribution in [1.82, 2.24) is 4.98 Å². The molecule has 48 valence electrons. The van der Waals surface area contributed by atoms with Gasteiger partial charge in [0.05, 0.1) is 0 Å². The second-order valence-corrected chi connectivity index (χ2v) is 2.00. The molecule has 0 fully saturated rings. The summed E-state index contributed by atoms with van der Waals surface area (Å²) in [4.78, 5) is 2.99. The van der Waals surface area contributed by atoms with E-state index >= 15 is 0 Å². The minimum absolute atomic E-state index is 0. The number of hydrogen-bond donors (Lipinski definition) is 1. The van der Waals surface area contributed by atoms with E-state index in [1.54, 1.807) is 0 Å². The summed E-state index contributed by atoms with van der Waals surface area (Å²) < 4.78 is 0. The molecular weight excluding hydrogens is 158 g/mol. The predicted molar refractivity (Wildman–Crippen MR) is 37.1 cm³/mol. The van der Waals surface area contributed by atoms with E-state index in [1.807, 2.05) is 24.3 Å². The number of fused-ring (bicyclic) bond motifs is 1. The number of hydrogen-bond acceptors (Lipinski definition) is 0. The first-order valence-electron chi connectivity index (χ1n) is 2.90. The molecule has 2 heteroatoms. The average molecular weight is 164 g/mol. The Morgan fingerprint density at radius 1 is 1.20 bits per heavy atom. The van der Waals surface area contributed by atoms with Crippen LogP contribution in [0.2, 0.25) is 0 Å². The molecule has 2 rings (SSSR count). The van der Waals surface area contributed by atoms with Crippen molar-refractivity contribution < 1.29 is 21.7 Å². The van der Waals surface area contributed by atoms with E-state index in [2.05, 4.69) is 17.2 Å². The first-order chi connectivity index (χ1) is 4.47. The minimum Gasteiger partial charge on any atom is -0.477 e. The Morgan fingerprint density at radius 2 is 2.00 bits per heavy atom. The maximum Gasteiger partial charge on any atom is 0 e. The van der Waals surface area contributed by atoms with Gasteiger partial charge in [-0.25, -0.2) is 0 Å². The van der Waals surface area contributed by atoms with Crippen LogP contribution in [0.25, 0.3) is 10.9 Å². The zero-order valence-corrected chi connectivity index (χ0v) is 6.95. The standard InChI is InChI=1S/C8H6N.Ti/c1-2-4-8-7(3-1)5-6-9-8;/h1-5,9H;/q-1;. The summed E-state index contributed by atoms with van der Waals surface area (Å²) in [5, 5.41) is 1.22. The molecule has 0 unspecified atom stereocenters. The molecule has 1 nitrogen and oxygen atoms in total. The zero-order chi connectivity index (χ0) is 6.10. The maximum absolute atomic E-state index is 2.99. The minimum atomic E-state index is 0. The zero-order valence-electron chi connectivity index (χ0n) is 5.39. The van der Waals surface area contributed by atoms with E-state index in [9.17, 15) is 0 Å². The van der Waals surface area contributed by atoms with Crippen LogP contribution < -0.4 is 0 Å². The fourth-order valence-electron chi connectivity index (χ4n) is 0.928. The number of rotatable bonds is 0. The summed E-state index contributed by atoms with van der Waals surface area (Å²) in [6.07, 6.45) is 2.91. The fourth-order valence-corrected chi connectivity index (χ4v) is 0.928. The number of benzene rings is 1. The molecule has 0 saturated heterocycles. The first-order valence-corrected chi connectivity index (χ1v) is 2.90. The third-order valence-electron chi connectivity index (χ3n) is 1.40. The van der Waals surface area contributed by atoms with Crippen molar-refractivity contribution in [3.8, 4) is 0 Å². The third kappa shape index (κ3) is 1.15. The molecular formula is C8H6NTi-. The number of aromatic amines is 1. The maximum atomic E-state index is 2.99. The van der Waals surface area contributed by atoms with Crippen LogP contribution in [-0.4, -0.2) is 4.98 Å². The van der Waals surface area contributed by atoms with Gasteiger partial charge in [-0.05, 0) is 0 Å². The van der Waals surface area contributed by atoms with Gasteiger partial charge in [-0.2, -0.15) is 11.5 Å². The van der Waals surface area contributed by atoms with E-state index in [0.29, 0.717) is 0 Å². The van der Waals surface area contributed by atoms with Gasteiger partial charge in [-0.1, -0.05) is 12.1 Å². The van der Waals surface area contributed by atoms with Gasteiger partial charge in [0, 0.05) is 21.7 Å². The summed E-state index contributed by atoms with van der Waals surface area (Å²) in [6.45, 7) is 0. The van der Waals surface area contributed by atoms with Gasteiger partial charge in [0.1, 0.15) is 0 Å². The normalized spacial score (nSPS) is 9.20. The Labute approximate surface area is 74.3 Å². The van der Waals surface area contributed by atoms with Crippen LogP contribution in [0.4, 0.5) is 0 Å². The van der Waals surface area contributed by atoms with E-state index in [1.165, 1.54) is 5.39 Å². The Balaban J connectivity index is 0.000000500. The van der Waals surface area contributed by atoms with Crippen molar-refractivity contribution >= 4 is 10.9 Å². The molecule has 0 saturated carbocycles. The van der Waals surface area contributed by atoms with E-state index in [-0.39, 0.29) is 21.7 Å². The van der Waals surface area contributed by atoms with Crippen LogP contribution in [0.5, 0.6) is 0 Å². The van der Waals surface area contributed by atoms with Crippen LogP contribution in [0.15, 0.2) is 30.3 Å². The van der Waals surface area contributed by atoms with Gasteiger partial charge >= 0.3 is 0 Å². The van der Waals surface area contributed by atoms with Crippen molar-refractivity contribution in [2.75, 3.05) is 0 Å². The molecule has 0 aliphatic carbocycles. The van der Waals surface area contributed by atoms with E-state index in [0.717, 1.165) is 5.52 Å². The van der Waals surface area contributed by atoms with Gasteiger partial charge in [0.2, 0.25) is 0 Å². The second kappa shape index (κ2) is 3.04. The topological polar surface area (TPSA) is 15.8 Å². The Hall–Kier alpha value is -0.526. The van der Waals surface area contributed by atoms with Crippen molar-refractivity contribution in [3.05, 3.63) is 36.5 Å². The van der Waals surface area contributed by atoms with Crippen LogP contribution in [-0.2, 0) is 21.7 Å². The Kier molecular flexibility index (Phi) is 2.31. The van der Waals surface area contributed by atoms with E-state index in [4.69, 9.17) is 0 Å². The molecule has 0 atom stereocenters. The third-order valence-corrected chi connectivity index (χ3v) is 1.40. The number of H-pyrrole nitrogens is 1. The molecule has 10 heavy (non-hydrogen) atoms. The molecule has 0 bridgehead atoms. The predicted octanol–water partition coefficient (Wildman–Crippen LogP) is 1.97. The largest absolute Gasteiger partial charge is 0.477 e. The summed E-state index contributed by atoms with van der Waals surface area (Å²) in [6, 6.07) is 10.1. The molecule has 1 N–H and O–H groups in total. The Morgan fingerprint density at radius 3 is 2.80 bits per heavy atom. The van der Waals surface area contributed by atoms with Crippen LogP contribution in [0.3, 0.4) is 0 Å². The fraction of sp³-hybridized carbons (Fsp3) is 0. The van der Waals surface area contributed by atoms with Crippen molar-refractivity contribution in [3.63, 3.8) is 0 Å². The summed E-state index contributed by atoms with van der Waals surface area (Å²) >= 11 is 0. The molecule has 0 radical (unpaired) electrons. The summed E-state index contributed by atoms with van der Waals surface area (Å²) in [7, 11) is 0. The SMILES string of the molecule is [Ti].[c-]1cc2ccccc2[nH]1. The molecule has 0 aliphatic heterocycles. The molecule has 1 aromatic heterocycles. The van der Waals surface area contributed by atoms with Crippen LogP contribution >= 0.6 is 0 Å². The molecule has 0 amide bonds. The van der Waals surface area contributed by atoms with Gasteiger partial charge < -0.3 is 4.98 Å². The number of para-hydroxylation sites is 1. The van der Waals surface area contributed by atoms with Crippen LogP contribution in [0, 0.1) is 6.20 Å². The molecule has 0 aliphatic rings. The van der Waals surface area contributed by atoms with Crippen molar-refractivity contribution in [1.29, 1.82) is 0 Å². The smallest absolute Gasteiger partial charge is 0 e. The van der Waals surface area contributed by atoms with Gasteiger partial charge in [-0.3, -0.25) is 0 Å². The first kappa shape index (κ1) is 7.58. The molecule has 1 aromatic carbocycles.